The van der Waals surface area contributed by atoms with Crippen LogP contribution in [0.2, 0.25) is 0 Å². The van der Waals surface area contributed by atoms with Crippen molar-refractivity contribution in [3.63, 3.8) is 0 Å². The number of sulfonamides is 1. The molecule has 0 unspecified atom stereocenters. The summed E-state index contributed by atoms with van der Waals surface area (Å²) in [6.45, 7) is 9.41. The van der Waals surface area contributed by atoms with E-state index in [1.807, 2.05) is 25.1 Å². The van der Waals surface area contributed by atoms with Gasteiger partial charge in [-0.3, -0.25) is 9.69 Å². The van der Waals surface area contributed by atoms with Gasteiger partial charge in [-0.2, -0.15) is 4.31 Å². The van der Waals surface area contributed by atoms with Gasteiger partial charge in [0.1, 0.15) is 0 Å². The van der Waals surface area contributed by atoms with Gasteiger partial charge in [0.2, 0.25) is 10.0 Å². The summed E-state index contributed by atoms with van der Waals surface area (Å²) in [7, 11) is -3.17. The molecule has 1 aliphatic carbocycles. The van der Waals surface area contributed by atoms with Gasteiger partial charge in [0.15, 0.2) is 0 Å². The van der Waals surface area contributed by atoms with Crippen LogP contribution in [-0.2, 0) is 10.0 Å². The van der Waals surface area contributed by atoms with Gasteiger partial charge in [0.25, 0.3) is 5.91 Å². The van der Waals surface area contributed by atoms with Crippen LogP contribution in [0.4, 0.5) is 0 Å². The number of carbonyl (C=O) groups is 1. The highest BCUT2D eigenvalue weighted by atomic mass is 32.2. The Labute approximate surface area is 201 Å². The van der Waals surface area contributed by atoms with E-state index in [1.54, 1.807) is 4.31 Å². The molecule has 0 atom stereocenters. The lowest BCUT2D eigenvalue weighted by molar-refractivity contribution is 0.0391. The van der Waals surface area contributed by atoms with Crippen molar-refractivity contribution >= 4 is 15.9 Å². The van der Waals surface area contributed by atoms with Gasteiger partial charge in [-0.1, -0.05) is 51.5 Å². The Morgan fingerprint density at radius 3 is 2.24 bits per heavy atom. The molecule has 1 heterocycles. The Morgan fingerprint density at radius 2 is 1.64 bits per heavy atom. The molecule has 1 amide bonds. The summed E-state index contributed by atoms with van der Waals surface area (Å²) in [5.74, 6) is 0.247. The minimum atomic E-state index is -3.17. The second-order valence-electron chi connectivity index (χ2n) is 10.0. The maximum absolute atomic E-state index is 13.0. The van der Waals surface area contributed by atoms with Crippen molar-refractivity contribution in [1.29, 1.82) is 0 Å². The number of piperazine rings is 1. The Balaban J connectivity index is 1.66. The average Bonchev–Trinajstić information content (AvgIpc) is 3.06. The van der Waals surface area contributed by atoms with Crippen LogP contribution in [-0.4, -0.2) is 67.5 Å². The molecule has 0 radical (unpaired) electrons. The van der Waals surface area contributed by atoms with E-state index in [0.717, 1.165) is 63.6 Å². The van der Waals surface area contributed by atoms with Crippen LogP contribution in [0, 0.1) is 13.8 Å². The smallest absolute Gasteiger partial charge is 0.251 e. The zero-order valence-electron chi connectivity index (χ0n) is 20.9. The Bertz CT molecular complexity index is 884. The second kappa shape index (κ2) is 11.8. The van der Waals surface area contributed by atoms with Gasteiger partial charge < -0.3 is 5.32 Å². The topological polar surface area (TPSA) is 69.7 Å². The van der Waals surface area contributed by atoms with Gasteiger partial charge in [-0.25, -0.2) is 8.42 Å². The molecular weight excluding hydrogens is 434 g/mol. The highest BCUT2D eigenvalue weighted by Crippen LogP contribution is 2.33. The molecule has 0 aromatic heterocycles. The van der Waals surface area contributed by atoms with Crippen LogP contribution in [0.15, 0.2) is 18.2 Å². The first-order valence-corrected chi connectivity index (χ1v) is 14.5. The van der Waals surface area contributed by atoms with Crippen LogP contribution in [0.3, 0.4) is 0 Å². The molecule has 1 aliphatic heterocycles. The van der Waals surface area contributed by atoms with Gasteiger partial charge in [0.05, 0.1) is 5.75 Å². The van der Waals surface area contributed by atoms with E-state index in [9.17, 15) is 13.2 Å². The molecule has 1 N–H and O–H groups in total. The van der Waals surface area contributed by atoms with Crippen molar-refractivity contribution in [1.82, 2.24) is 14.5 Å². The number of carbonyl (C=O) groups excluding carboxylic acids is 1. The van der Waals surface area contributed by atoms with E-state index in [2.05, 4.69) is 24.1 Å². The fourth-order valence-corrected chi connectivity index (χ4v) is 6.87. The monoisotopic (exact) mass is 477 g/mol. The molecule has 7 heteroatoms. The molecule has 186 valence electrons. The van der Waals surface area contributed by atoms with Crippen LogP contribution in [0.25, 0.3) is 0 Å². The molecule has 6 nitrogen and oxygen atoms in total. The fraction of sp³-hybridized carbons (Fsp3) is 0.731. The molecule has 1 saturated heterocycles. The highest BCUT2D eigenvalue weighted by molar-refractivity contribution is 7.89. The first kappa shape index (κ1) is 26.2. The average molecular weight is 478 g/mol. The summed E-state index contributed by atoms with van der Waals surface area (Å²) < 4.78 is 27.2. The highest BCUT2D eigenvalue weighted by Gasteiger charge is 2.40. The zero-order valence-corrected chi connectivity index (χ0v) is 21.7. The first-order valence-electron chi connectivity index (χ1n) is 12.9. The SMILES string of the molecule is CCCCCS(=O)(=O)N1CCN(C2(CNC(=O)c3ccc(C)c(C)c3)CCCCCC2)CC1. The number of aryl methyl sites for hydroxylation is 2. The maximum atomic E-state index is 13.0. The Morgan fingerprint density at radius 1 is 0.970 bits per heavy atom. The number of unbranched alkanes of at least 4 members (excludes halogenated alkanes) is 2. The number of rotatable bonds is 9. The summed E-state index contributed by atoms with van der Waals surface area (Å²) in [4.78, 5) is 15.4. The molecular formula is C26H43N3O3S. The van der Waals surface area contributed by atoms with E-state index in [-0.39, 0.29) is 17.2 Å². The Kier molecular flexibility index (Phi) is 9.36. The van der Waals surface area contributed by atoms with Crippen LogP contribution < -0.4 is 5.32 Å². The molecule has 0 bridgehead atoms. The quantitative estimate of drug-likeness (QED) is 0.426. The lowest BCUT2D eigenvalue weighted by Crippen LogP contribution is -2.61. The second-order valence-corrected chi connectivity index (χ2v) is 12.1. The molecule has 0 spiro atoms. The minimum absolute atomic E-state index is 0.0149. The third kappa shape index (κ3) is 6.80. The lowest BCUT2D eigenvalue weighted by atomic mass is 9.87. The number of benzene rings is 1. The van der Waals surface area contributed by atoms with E-state index in [1.165, 1.54) is 18.4 Å². The molecule has 3 rings (SSSR count). The van der Waals surface area contributed by atoms with Gasteiger partial charge in [0, 0.05) is 43.8 Å². The van der Waals surface area contributed by atoms with E-state index < -0.39 is 10.0 Å². The minimum Gasteiger partial charge on any atom is -0.350 e. The van der Waals surface area contributed by atoms with Gasteiger partial charge in [-0.15, -0.1) is 0 Å². The largest absolute Gasteiger partial charge is 0.350 e. The predicted molar refractivity (Wildman–Crippen MR) is 135 cm³/mol. The summed E-state index contributed by atoms with van der Waals surface area (Å²) in [6, 6.07) is 5.87. The van der Waals surface area contributed by atoms with Gasteiger partial charge in [-0.05, 0) is 56.4 Å². The normalized spacial score (nSPS) is 20.3. The van der Waals surface area contributed by atoms with E-state index in [0.29, 0.717) is 25.2 Å². The third-order valence-corrected chi connectivity index (χ3v) is 9.65. The fourth-order valence-electron chi connectivity index (χ4n) is 5.33. The number of hydrogen-bond acceptors (Lipinski definition) is 4. The summed E-state index contributed by atoms with van der Waals surface area (Å²) in [5.41, 5.74) is 2.95. The summed E-state index contributed by atoms with van der Waals surface area (Å²) in [5, 5.41) is 3.24. The third-order valence-electron chi connectivity index (χ3n) is 7.69. The molecule has 1 aromatic carbocycles. The molecule has 1 saturated carbocycles. The molecule has 2 fully saturated rings. The summed E-state index contributed by atoms with van der Waals surface area (Å²) >= 11 is 0. The number of amides is 1. The zero-order chi connectivity index (χ0) is 23.9. The van der Waals surface area contributed by atoms with Crippen molar-refractivity contribution in [2.45, 2.75) is 84.1 Å². The lowest BCUT2D eigenvalue weighted by Gasteiger charge is -2.47. The maximum Gasteiger partial charge on any atom is 0.251 e. The number of hydrogen-bond donors (Lipinski definition) is 1. The summed E-state index contributed by atoms with van der Waals surface area (Å²) in [6.07, 6.45) is 9.64. The van der Waals surface area contributed by atoms with E-state index >= 15 is 0 Å². The van der Waals surface area contributed by atoms with Gasteiger partial charge >= 0.3 is 0 Å². The van der Waals surface area contributed by atoms with Crippen molar-refractivity contribution in [2.24, 2.45) is 0 Å². The molecule has 33 heavy (non-hydrogen) atoms. The van der Waals surface area contributed by atoms with E-state index in [4.69, 9.17) is 0 Å². The van der Waals surface area contributed by atoms with Crippen LogP contribution >= 0.6 is 0 Å². The van der Waals surface area contributed by atoms with Crippen molar-refractivity contribution in [3.05, 3.63) is 34.9 Å². The van der Waals surface area contributed by atoms with Crippen LogP contribution in [0.1, 0.15) is 86.2 Å². The van der Waals surface area contributed by atoms with Crippen molar-refractivity contribution in [2.75, 3.05) is 38.5 Å². The standard InChI is InChI=1S/C26H43N3O3S/c1-4-5-10-19-33(31,32)29-17-15-28(16-18-29)26(13-8-6-7-9-14-26)21-27-25(30)24-12-11-22(2)23(3)20-24/h11-12,20H,4-10,13-19,21H2,1-3H3,(H,27,30). The van der Waals surface area contributed by atoms with Crippen molar-refractivity contribution in [3.8, 4) is 0 Å². The molecule has 1 aromatic rings. The molecule has 2 aliphatic rings. The number of nitrogens with zero attached hydrogens (tertiary/aromatic N) is 2. The van der Waals surface area contributed by atoms with Crippen LogP contribution in [0.5, 0.6) is 0 Å². The Hall–Kier alpha value is -1.44. The first-order chi connectivity index (χ1) is 15.8. The van der Waals surface area contributed by atoms with Crippen molar-refractivity contribution < 1.29 is 13.2 Å². The number of nitrogens with one attached hydrogen (secondary N) is 1. The predicted octanol–water partition coefficient (Wildman–Crippen LogP) is 4.26.